The Morgan fingerprint density at radius 3 is 2.38 bits per heavy atom. The summed E-state index contributed by atoms with van der Waals surface area (Å²) in [4.78, 5) is 16.8. The van der Waals surface area contributed by atoms with Gasteiger partial charge in [0.15, 0.2) is 0 Å². The highest BCUT2D eigenvalue weighted by Crippen LogP contribution is 2.19. The van der Waals surface area contributed by atoms with Crippen molar-refractivity contribution in [3.63, 3.8) is 0 Å². The quantitative estimate of drug-likeness (QED) is 0.617. The van der Waals surface area contributed by atoms with Crippen molar-refractivity contribution in [3.8, 4) is 0 Å². The molecular formula is C19H24N2O3S2. The van der Waals surface area contributed by atoms with Gasteiger partial charge >= 0.3 is 0 Å². The van der Waals surface area contributed by atoms with E-state index in [4.69, 9.17) is 0 Å². The van der Waals surface area contributed by atoms with Crippen LogP contribution in [0.15, 0.2) is 55.1 Å². The molecule has 2 aromatic rings. The summed E-state index contributed by atoms with van der Waals surface area (Å²) in [5.41, 5.74) is 1.00. The van der Waals surface area contributed by atoms with Crippen LogP contribution in [0.5, 0.6) is 0 Å². The second-order valence-corrected chi connectivity index (χ2v) is 9.45. The number of carbonyl (C=O) groups is 1. The average Bonchev–Trinajstić information content (AvgIpc) is 2.99. The molecule has 0 fully saturated rings. The van der Waals surface area contributed by atoms with Crippen LogP contribution in [0.3, 0.4) is 0 Å². The smallest absolute Gasteiger partial charge is 0.238 e. The number of sulfonamides is 1. The van der Waals surface area contributed by atoms with Crippen LogP contribution < -0.4 is 0 Å². The molecule has 2 rings (SSSR count). The Balaban J connectivity index is 2.20. The van der Waals surface area contributed by atoms with Gasteiger partial charge in [0.25, 0.3) is 0 Å². The number of aryl methyl sites for hydroxylation is 1. The van der Waals surface area contributed by atoms with E-state index in [2.05, 4.69) is 6.58 Å². The van der Waals surface area contributed by atoms with Gasteiger partial charge in [0.1, 0.15) is 0 Å². The Bertz CT molecular complexity index is 845. The van der Waals surface area contributed by atoms with Crippen LogP contribution in [0.25, 0.3) is 0 Å². The zero-order valence-corrected chi connectivity index (χ0v) is 16.7. The maximum atomic E-state index is 12.9. The zero-order chi connectivity index (χ0) is 19.2. The van der Waals surface area contributed by atoms with Crippen LogP contribution in [-0.4, -0.2) is 42.9 Å². The molecule has 0 spiro atoms. The van der Waals surface area contributed by atoms with E-state index in [1.807, 2.05) is 49.4 Å². The van der Waals surface area contributed by atoms with Gasteiger partial charge in [-0.1, -0.05) is 36.4 Å². The van der Waals surface area contributed by atoms with Crippen molar-refractivity contribution in [1.82, 2.24) is 9.21 Å². The second-order valence-electron chi connectivity index (χ2n) is 6.09. The van der Waals surface area contributed by atoms with E-state index in [-0.39, 0.29) is 19.0 Å². The largest absolute Gasteiger partial charge is 0.332 e. The van der Waals surface area contributed by atoms with Gasteiger partial charge in [-0.05, 0) is 24.6 Å². The predicted octanol–water partition coefficient (Wildman–Crippen LogP) is 3.03. The van der Waals surface area contributed by atoms with Crippen LogP contribution in [0.2, 0.25) is 0 Å². The number of amides is 1. The number of carbonyl (C=O) groups excluding carboxylic acids is 1. The lowest BCUT2D eigenvalue weighted by molar-refractivity contribution is -0.132. The predicted molar refractivity (Wildman–Crippen MR) is 106 cm³/mol. The Hall–Kier alpha value is -1.96. The van der Waals surface area contributed by atoms with Gasteiger partial charge in [-0.25, -0.2) is 8.42 Å². The summed E-state index contributed by atoms with van der Waals surface area (Å²) in [6.45, 7) is 6.41. The van der Waals surface area contributed by atoms with E-state index in [1.165, 1.54) is 11.0 Å². The minimum absolute atomic E-state index is 0.113. The maximum Gasteiger partial charge on any atom is 0.238 e. The number of nitrogens with zero attached hydrogens (tertiary/aromatic N) is 2. The van der Waals surface area contributed by atoms with Gasteiger partial charge in [0.05, 0.1) is 19.3 Å². The van der Waals surface area contributed by atoms with Crippen molar-refractivity contribution < 1.29 is 13.2 Å². The highest BCUT2D eigenvalue weighted by Gasteiger charge is 2.23. The van der Waals surface area contributed by atoms with Crippen molar-refractivity contribution in [2.45, 2.75) is 20.0 Å². The van der Waals surface area contributed by atoms with Gasteiger partial charge in [-0.3, -0.25) is 4.79 Å². The molecule has 0 atom stereocenters. The van der Waals surface area contributed by atoms with Crippen molar-refractivity contribution in [2.24, 2.45) is 0 Å². The molecule has 1 amide bonds. The fourth-order valence-electron chi connectivity index (χ4n) is 2.51. The van der Waals surface area contributed by atoms with Crippen molar-refractivity contribution in [2.75, 3.05) is 19.3 Å². The third kappa shape index (κ3) is 6.09. The summed E-state index contributed by atoms with van der Waals surface area (Å²) in [6.07, 6.45) is 2.59. The number of benzene rings is 1. The Morgan fingerprint density at radius 2 is 1.85 bits per heavy atom. The average molecular weight is 393 g/mol. The molecule has 1 aromatic carbocycles. The van der Waals surface area contributed by atoms with E-state index in [0.29, 0.717) is 13.1 Å². The number of rotatable bonds is 9. The fourth-order valence-corrected chi connectivity index (χ4v) is 4.13. The van der Waals surface area contributed by atoms with Gasteiger partial charge in [0.2, 0.25) is 15.9 Å². The van der Waals surface area contributed by atoms with Gasteiger partial charge in [-0.15, -0.1) is 17.9 Å². The minimum atomic E-state index is -3.48. The van der Waals surface area contributed by atoms with Crippen LogP contribution in [0.1, 0.15) is 15.3 Å². The first-order valence-corrected chi connectivity index (χ1v) is 10.9. The zero-order valence-electron chi connectivity index (χ0n) is 15.1. The standard InChI is InChI=1S/C19H24N2O3S2/c1-4-12-21(26(3,23)24)15-19(22)20(13-17-8-6-5-7-9-17)14-18-11-10-16(2)25-18/h4-11H,1,12-15H2,2-3H3. The van der Waals surface area contributed by atoms with Crippen molar-refractivity contribution >= 4 is 27.3 Å². The van der Waals surface area contributed by atoms with E-state index >= 15 is 0 Å². The first-order valence-electron chi connectivity index (χ1n) is 8.22. The third-order valence-corrected chi connectivity index (χ3v) is 6.03. The summed E-state index contributed by atoms with van der Waals surface area (Å²) < 4.78 is 25.0. The Morgan fingerprint density at radius 1 is 1.15 bits per heavy atom. The molecule has 0 unspecified atom stereocenters. The molecule has 0 aliphatic carbocycles. The fraction of sp³-hybridized carbons (Fsp3) is 0.316. The van der Waals surface area contributed by atoms with Gasteiger partial charge in [0, 0.05) is 22.8 Å². The highest BCUT2D eigenvalue weighted by molar-refractivity contribution is 7.88. The molecular weight excluding hydrogens is 368 g/mol. The lowest BCUT2D eigenvalue weighted by atomic mass is 10.2. The lowest BCUT2D eigenvalue weighted by Crippen LogP contribution is -2.42. The molecule has 0 saturated carbocycles. The molecule has 0 radical (unpaired) electrons. The molecule has 140 valence electrons. The first kappa shape index (κ1) is 20.4. The minimum Gasteiger partial charge on any atom is -0.332 e. The number of hydrogen-bond acceptors (Lipinski definition) is 4. The molecule has 26 heavy (non-hydrogen) atoms. The van der Waals surface area contributed by atoms with E-state index < -0.39 is 10.0 Å². The lowest BCUT2D eigenvalue weighted by Gasteiger charge is -2.26. The SMILES string of the molecule is C=CCN(CC(=O)N(Cc1ccccc1)Cc1ccc(C)s1)S(C)(=O)=O. The van der Waals surface area contributed by atoms with E-state index in [1.54, 1.807) is 16.2 Å². The molecule has 0 N–H and O–H groups in total. The monoisotopic (exact) mass is 392 g/mol. The number of hydrogen-bond donors (Lipinski definition) is 0. The maximum absolute atomic E-state index is 12.9. The highest BCUT2D eigenvalue weighted by atomic mass is 32.2. The molecule has 0 aliphatic heterocycles. The molecule has 0 bridgehead atoms. The van der Waals surface area contributed by atoms with E-state index in [9.17, 15) is 13.2 Å². The Kier molecular flexibility index (Phi) is 7.14. The van der Waals surface area contributed by atoms with Crippen molar-refractivity contribution in [3.05, 3.63) is 70.4 Å². The molecule has 1 aromatic heterocycles. The third-order valence-electron chi connectivity index (χ3n) is 3.83. The van der Waals surface area contributed by atoms with Gasteiger partial charge in [-0.2, -0.15) is 4.31 Å². The van der Waals surface area contributed by atoms with Crippen LogP contribution in [0, 0.1) is 6.92 Å². The normalized spacial score (nSPS) is 11.5. The summed E-state index contributed by atoms with van der Waals surface area (Å²) >= 11 is 1.64. The molecule has 1 heterocycles. The van der Waals surface area contributed by atoms with Crippen LogP contribution >= 0.6 is 11.3 Å². The summed E-state index contributed by atoms with van der Waals surface area (Å²) in [5, 5.41) is 0. The summed E-state index contributed by atoms with van der Waals surface area (Å²) in [7, 11) is -3.48. The topological polar surface area (TPSA) is 57.7 Å². The molecule has 7 heteroatoms. The summed E-state index contributed by atoms with van der Waals surface area (Å²) in [6, 6.07) is 13.7. The van der Waals surface area contributed by atoms with Crippen molar-refractivity contribution in [1.29, 1.82) is 0 Å². The Labute approximate surface area is 159 Å². The van der Waals surface area contributed by atoms with Gasteiger partial charge < -0.3 is 4.90 Å². The first-order chi connectivity index (χ1) is 12.3. The van der Waals surface area contributed by atoms with Crippen LogP contribution in [0.4, 0.5) is 0 Å². The summed E-state index contributed by atoms with van der Waals surface area (Å²) in [5.74, 6) is -0.229. The number of thiophene rings is 1. The second kappa shape index (κ2) is 9.12. The van der Waals surface area contributed by atoms with E-state index in [0.717, 1.165) is 21.0 Å². The molecule has 0 saturated heterocycles. The van der Waals surface area contributed by atoms with Crippen LogP contribution in [-0.2, 0) is 27.9 Å². The molecule has 0 aliphatic rings. The molecule has 5 nitrogen and oxygen atoms in total.